The van der Waals surface area contributed by atoms with Crippen molar-refractivity contribution in [3.63, 3.8) is 0 Å². The van der Waals surface area contributed by atoms with Crippen LogP contribution < -0.4 is 10.1 Å². The Kier molecular flexibility index (Phi) is 3.40. The molecule has 1 aromatic carbocycles. The SMILES string of the molecule is CCN1CCCC(C)(Oc2cccc3c2NCC3)C1. The molecule has 0 amide bonds. The van der Waals surface area contributed by atoms with Gasteiger partial charge in [0.25, 0.3) is 0 Å². The molecule has 2 heterocycles. The van der Waals surface area contributed by atoms with Crippen molar-refractivity contribution in [2.24, 2.45) is 0 Å². The standard InChI is InChI=1S/C16H24N2O/c1-3-18-11-5-9-16(2,12-18)19-14-7-4-6-13-8-10-17-15(13)14/h4,6-7,17H,3,5,8-12H2,1-2H3. The lowest BCUT2D eigenvalue weighted by Crippen LogP contribution is -2.49. The van der Waals surface area contributed by atoms with Gasteiger partial charge in [0.15, 0.2) is 0 Å². The van der Waals surface area contributed by atoms with Crippen molar-refractivity contribution in [1.29, 1.82) is 0 Å². The lowest BCUT2D eigenvalue weighted by molar-refractivity contribution is 0.00840. The predicted molar refractivity (Wildman–Crippen MR) is 79.0 cm³/mol. The van der Waals surface area contributed by atoms with Crippen LogP contribution in [0.3, 0.4) is 0 Å². The molecular weight excluding hydrogens is 236 g/mol. The molecule has 0 aliphatic carbocycles. The summed E-state index contributed by atoms with van der Waals surface area (Å²) in [6.07, 6.45) is 3.49. The number of likely N-dealkylation sites (tertiary alicyclic amines) is 1. The quantitative estimate of drug-likeness (QED) is 0.904. The van der Waals surface area contributed by atoms with Gasteiger partial charge in [0.2, 0.25) is 0 Å². The zero-order chi connectivity index (χ0) is 13.3. The van der Waals surface area contributed by atoms with E-state index in [1.54, 1.807) is 0 Å². The molecule has 0 radical (unpaired) electrons. The van der Waals surface area contributed by atoms with Crippen molar-refractivity contribution in [2.75, 3.05) is 31.5 Å². The molecule has 3 heteroatoms. The smallest absolute Gasteiger partial charge is 0.143 e. The van der Waals surface area contributed by atoms with E-state index >= 15 is 0 Å². The van der Waals surface area contributed by atoms with E-state index in [0.29, 0.717) is 0 Å². The highest BCUT2D eigenvalue weighted by Gasteiger charge is 2.33. The zero-order valence-corrected chi connectivity index (χ0v) is 12.0. The average Bonchev–Trinajstić information content (AvgIpc) is 2.88. The maximum absolute atomic E-state index is 6.41. The molecule has 1 fully saturated rings. The van der Waals surface area contributed by atoms with Crippen LogP contribution in [0.1, 0.15) is 32.3 Å². The first-order valence-electron chi connectivity index (χ1n) is 7.47. The molecule has 1 N–H and O–H groups in total. The number of anilines is 1. The topological polar surface area (TPSA) is 24.5 Å². The normalized spacial score (nSPS) is 26.8. The number of likely N-dealkylation sites (N-methyl/N-ethyl adjacent to an activating group) is 1. The van der Waals surface area contributed by atoms with E-state index in [1.165, 1.54) is 24.2 Å². The Bertz CT molecular complexity index is 460. The Morgan fingerprint density at radius 2 is 2.32 bits per heavy atom. The van der Waals surface area contributed by atoms with Gasteiger partial charge in [0, 0.05) is 13.1 Å². The molecule has 1 saturated heterocycles. The van der Waals surface area contributed by atoms with Crippen molar-refractivity contribution in [2.45, 2.75) is 38.7 Å². The Hall–Kier alpha value is -1.22. The molecule has 0 spiro atoms. The van der Waals surface area contributed by atoms with E-state index in [1.807, 2.05) is 0 Å². The van der Waals surface area contributed by atoms with Gasteiger partial charge in [-0.3, -0.25) is 4.90 Å². The molecule has 104 valence electrons. The van der Waals surface area contributed by atoms with Gasteiger partial charge < -0.3 is 10.1 Å². The second-order valence-electron chi connectivity index (χ2n) is 5.99. The predicted octanol–water partition coefficient (Wildman–Crippen LogP) is 2.91. The van der Waals surface area contributed by atoms with E-state index in [9.17, 15) is 0 Å². The number of benzene rings is 1. The van der Waals surface area contributed by atoms with E-state index in [-0.39, 0.29) is 5.60 Å². The van der Waals surface area contributed by atoms with Gasteiger partial charge in [-0.1, -0.05) is 19.1 Å². The molecule has 1 aromatic rings. The van der Waals surface area contributed by atoms with Crippen LogP contribution >= 0.6 is 0 Å². The molecule has 0 bridgehead atoms. The van der Waals surface area contributed by atoms with Gasteiger partial charge in [-0.15, -0.1) is 0 Å². The number of piperidine rings is 1. The number of nitrogens with zero attached hydrogens (tertiary/aromatic N) is 1. The van der Waals surface area contributed by atoms with Gasteiger partial charge in [-0.25, -0.2) is 0 Å². The molecule has 0 aromatic heterocycles. The molecule has 1 atom stereocenters. The largest absolute Gasteiger partial charge is 0.484 e. The fourth-order valence-corrected chi connectivity index (χ4v) is 3.32. The van der Waals surface area contributed by atoms with Crippen molar-refractivity contribution in [3.8, 4) is 5.75 Å². The van der Waals surface area contributed by atoms with Crippen LogP contribution in [0.4, 0.5) is 5.69 Å². The number of nitrogens with one attached hydrogen (secondary N) is 1. The Morgan fingerprint density at radius 3 is 3.16 bits per heavy atom. The first-order valence-corrected chi connectivity index (χ1v) is 7.47. The number of rotatable bonds is 3. The van der Waals surface area contributed by atoms with Crippen molar-refractivity contribution < 1.29 is 4.74 Å². The second-order valence-corrected chi connectivity index (χ2v) is 5.99. The summed E-state index contributed by atoms with van der Waals surface area (Å²) in [7, 11) is 0. The van der Waals surface area contributed by atoms with Crippen LogP contribution in [0.25, 0.3) is 0 Å². The minimum absolute atomic E-state index is 0.0480. The third-order valence-corrected chi connectivity index (χ3v) is 4.35. The number of hydrogen-bond acceptors (Lipinski definition) is 3. The molecular formula is C16H24N2O. The molecule has 2 aliphatic rings. The van der Waals surface area contributed by atoms with Crippen LogP contribution in [-0.2, 0) is 6.42 Å². The monoisotopic (exact) mass is 260 g/mol. The summed E-state index contributed by atoms with van der Waals surface area (Å²) in [6.45, 7) is 8.88. The lowest BCUT2D eigenvalue weighted by atomic mass is 9.94. The number of hydrogen-bond donors (Lipinski definition) is 1. The maximum Gasteiger partial charge on any atom is 0.143 e. The van der Waals surface area contributed by atoms with Crippen LogP contribution in [0.2, 0.25) is 0 Å². The molecule has 3 rings (SSSR count). The average molecular weight is 260 g/mol. The van der Waals surface area contributed by atoms with Gasteiger partial charge in [-0.2, -0.15) is 0 Å². The highest BCUT2D eigenvalue weighted by molar-refractivity contribution is 5.65. The zero-order valence-electron chi connectivity index (χ0n) is 12.0. The molecule has 0 saturated carbocycles. The summed E-state index contributed by atoms with van der Waals surface area (Å²) in [5.41, 5.74) is 2.56. The Balaban J connectivity index is 1.79. The first kappa shape index (κ1) is 12.8. The number of para-hydroxylation sites is 1. The Labute approximate surface area is 115 Å². The van der Waals surface area contributed by atoms with Crippen molar-refractivity contribution in [1.82, 2.24) is 4.90 Å². The maximum atomic E-state index is 6.41. The second kappa shape index (κ2) is 5.04. The molecule has 1 unspecified atom stereocenters. The van der Waals surface area contributed by atoms with Crippen molar-refractivity contribution in [3.05, 3.63) is 23.8 Å². The number of ether oxygens (including phenoxy) is 1. The highest BCUT2D eigenvalue weighted by atomic mass is 16.5. The van der Waals surface area contributed by atoms with Gasteiger partial charge in [0.1, 0.15) is 11.4 Å². The van der Waals surface area contributed by atoms with Crippen LogP contribution in [0.5, 0.6) is 5.75 Å². The summed E-state index contributed by atoms with van der Waals surface area (Å²) in [6, 6.07) is 6.42. The summed E-state index contributed by atoms with van der Waals surface area (Å²) in [5, 5.41) is 3.46. The third-order valence-electron chi connectivity index (χ3n) is 4.35. The van der Waals surface area contributed by atoms with E-state index in [0.717, 1.165) is 38.2 Å². The van der Waals surface area contributed by atoms with Crippen LogP contribution in [-0.4, -0.2) is 36.7 Å². The fourth-order valence-electron chi connectivity index (χ4n) is 3.32. The van der Waals surface area contributed by atoms with Gasteiger partial charge >= 0.3 is 0 Å². The molecule has 19 heavy (non-hydrogen) atoms. The minimum Gasteiger partial charge on any atom is -0.484 e. The summed E-state index contributed by atoms with van der Waals surface area (Å²) >= 11 is 0. The third kappa shape index (κ3) is 2.57. The first-order chi connectivity index (χ1) is 9.20. The summed E-state index contributed by atoms with van der Waals surface area (Å²) in [5.74, 6) is 1.04. The minimum atomic E-state index is -0.0480. The van der Waals surface area contributed by atoms with Gasteiger partial charge in [0.05, 0.1) is 5.69 Å². The van der Waals surface area contributed by atoms with E-state index < -0.39 is 0 Å². The van der Waals surface area contributed by atoms with E-state index in [2.05, 4.69) is 42.3 Å². The Morgan fingerprint density at radius 1 is 1.42 bits per heavy atom. The molecule has 3 nitrogen and oxygen atoms in total. The van der Waals surface area contributed by atoms with Gasteiger partial charge in [-0.05, 0) is 50.9 Å². The molecule has 2 aliphatic heterocycles. The van der Waals surface area contributed by atoms with Crippen LogP contribution in [0, 0.1) is 0 Å². The summed E-state index contributed by atoms with van der Waals surface area (Å²) < 4.78 is 6.41. The summed E-state index contributed by atoms with van der Waals surface area (Å²) in [4.78, 5) is 2.49. The van der Waals surface area contributed by atoms with Crippen molar-refractivity contribution >= 4 is 5.69 Å². The highest BCUT2D eigenvalue weighted by Crippen LogP contribution is 2.36. The lowest BCUT2D eigenvalue weighted by Gasteiger charge is -2.40. The number of fused-ring (bicyclic) bond motifs is 1. The van der Waals surface area contributed by atoms with E-state index in [4.69, 9.17) is 4.74 Å². The fraction of sp³-hybridized carbons (Fsp3) is 0.625. The van der Waals surface area contributed by atoms with Crippen LogP contribution in [0.15, 0.2) is 18.2 Å².